The molecule has 0 spiro atoms. The minimum absolute atomic E-state index is 0.00483. The molecule has 350 valence electrons. The van der Waals surface area contributed by atoms with Crippen LogP contribution in [-0.2, 0) is 32.7 Å². The fourth-order valence-corrected chi connectivity index (χ4v) is 6.55. The molecule has 0 aliphatic rings. The van der Waals surface area contributed by atoms with Crippen LogP contribution in [0.1, 0.15) is 162 Å². The molecular formula is C50H87NO9P+. The van der Waals surface area contributed by atoms with Crippen molar-refractivity contribution in [3.63, 3.8) is 0 Å². The maximum absolute atomic E-state index is 12.7. The van der Waals surface area contributed by atoms with Crippen LogP contribution < -0.4 is 0 Å². The minimum atomic E-state index is -4.41. The van der Waals surface area contributed by atoms with E-state index in [-0.39, 0.29) is 26.1 Å². The number of hydrogen-bond acceptors (Lipinski definition) is 8. The van der Waals surface area contributed by atoms with E-state index in [1.165, 1.54) is 57.8 Å². The Morgan fingerprint density at radius 2 is 1.15 bits per heavy atom. The summed E-state index contributed by atoms with van der Waals surface area (Å²) >= 11 is 0. The first-order chi connectivity index (χ1) is 29.4. The summed E-state index contributed by atoms with van der Waals surface area (Å²) in [6.45, 7) is 4.10. The van der Waals surface area contributed by atoms with Gasteiger partial charge in [0.2, 0.25) is 0 Å². The molecule has 2 unspecified atom stereocenters. The summed E-state index contributed by atoms with van der Waals surface area (Å²) < 4.78 is 34.2. The second-order valence-electron chi connectivity index (χ2n) is 16.6. The van der Waals surface area contributed by atoms with Crippen molar-refractivity contribution in [1.82, 2.24) is 0 Å². The third-order valence-corrected chi connectivity index (χ3v) is 10.5. The molecule has 0 saturated carbocycles. The van der Waals surface area contributed by atoms with Crippen LogP contribution in [0.5, 0.6) is 0 Å². The summed E-state index contributed by atoms with van der Waals surface area (Å²) in [5.41, 5.74) is 0. The summed E-state index contributed by atoms with van der Waals surface area (Å²) in [7, 11) is 1.39. The molecule has 61 heavy (non-hydrogen) atoms. The van der Waals surface area contributed by atoms with Crippen molar-refractivity contribution in [1.29, 1.82) is 0 Å². The van der Waals surface area contributed by atoms with Crippen LogP contribution >= 0.6 is 7.82 Å². The number of likely N-dealkylation sites (N-methyl/N-ethyl adjacent to an activating group) is 1. The van der Waals surface area contributed by atoms with E-state index in [4.69, 9.17) is 18.5 Å². The molecule has 0 aromatic rings. The monoisotopic (exact) mass is 877 g/mol. The smallest absolute Gasteiger partial charge is 0.462 e. The normalized spacial score (nSPS) is 14.8. The lowest BCUT2D eigenvalue weighted by molar-refractivity contribution is -0.870. The standard InChI is InChI=1S/C50H86NO9P/c1-6-8-10-12-14-15-16-17-18-19-20-21-22-23-24-25-29-33-37-41-49(53)57-45-48(46-59-61(55,56)58-44-43-51(3,4)5)60-50(54)42-38-34-30-27-26-28-32-36-40-47(52)39-35-31-13-11-9-7-2/h9,11,14-15,17-18,27-28,30-32,35-36,40,47-48,52H,6-8,10,12-13,16,19-26,29,33-34,37-39,41-46H2,1-5H3/p+1/b11-9-,15-14-,18-17-,30-27-,32-28-,35-31-,40-36+/t47?,48-/m1/s1. The molecule has 0 radical (unpaired) electrons. The van der Waals surface area contributed by atoms with E-state index in [2.05, 4.69) is 56.4 Å². The predicted octanol–water partition coefficient (Wildman–Crippen LogP) is 12.5. The van der Waals surface area contributed by atoms with Gasteiger partial charge in [0.25, 0.3) is 0 Å². The second kappa shape index (κ2) is 41.2. The van der Waals surface area contributed by atoms with E-state index in [0.717, 1.165) is 44.9 Å². The Morgan fingerprint density at radius 3 is 1.77 bits per heavy atom. The lowest BCUT2D eigenvalue weighted by atomic mass is 10.1. The molecule has 0 amide bonds. The number of aliphatic hydroxyl groups excluding tert-OH is 1. The number of hydrogen-bond donors (Lipinski definition) is 2. The first-order valence-electron chi connectivity index (χ1n) is 23.4. The van der Waals surface area contributed by atoms with Gasteiger partial charge in [-0.15, -0.1) is 0 Å². The van der Waals surface area contributed by atoms with Gasteiger partial charge in [-0.3, -0.25) is 18.6 Å². The molecule has 0 saturated heterocycles. The van der Waals surface area contributed by atoms with E-state index in [1.54, 1.807) is 6.08 Å². The number of rotatable bonds is 41. The van der Waals surface area contributed by atoms with Crippen molar-refractivity contribution < 1.29 is 47.2 Å². The van der Waals surface area contributed by atoms with Gasteiger partial charge in [-0.2, -0.15) is 0 Å². The Bertz CT molecular complexity index is 1330. The highest BCUT2D eigenvalue weighted by Gasteiger charge is 2.27. The zero-order valence-corrected chi connectivity index (χ0v) is 39.9. The van der Waals surface area contributed by atoms with Gasteiger partial charge in [-0.1, -0.05) is 157 Å². The van der Waals surface area contributed by atoms with Crippen LogP contribution in [0.4, 0.5) is 0 Å². The highest BCUT2D eigenvalue weighted by molar-refractivity contribution is 7.47. The molecule has 0 aliphatic heterocycles. The number of quaternary nitrogens is 1. The number of phosphoric ester groups is 1. The molecule has 2 N–H and O–H groups in total. The van der Waals surface area contributed by atoms with Crippen LogP contribution in [0.2, 0.25) is 0 Å². The lowest BCUT2D eigenvalue weighted by Crippen LogP contribution is -2.37. The van der Waals surface area contributed by atoms with Crippen LogP contribution in [0.15, 0.2) is 85.1 Å². The Hall–Kier alpha value is -2.85. The number of carbonyl (C=O) groups is 2. The molecule has 0 aromatic carbocycles. The zero-order chi connectivity index (χ0) is 45.1. The van der Waals surface area contributed by atoms with Gasteiger partial charge in [0.1, 0.15) is 19.8 Å². The molecule has 3 atom stereocenters. The van der Waals surface area contributed by atoms with Gasteiger partial charge in [0.15, 0.2) is 6.10 Å². The van der Waals surface area contributed by atoms with E-state index < -0.39 is 38.6 Å². The lowest BCUT2D eigenvalue weighted by Gasteiger charge is -2.24. The fraction of sp³-hybridized carbons (Fsp3) is 0.680. The maximum Gasteiger partial charge on any atom is 0.472 e. The van der Waals surface area contributed by atoms with E-state index in [1.807, 2.05) is 57.6 Å². The first kappa shape index (κ1) is 58.1. The van der Waals surface area contributed by atoms with Crippen molar-refractivity contribution >= 4 is 19.8 Å². The number of unbranched alkanes of at least 4 members (excludes halogenated alkanes) is 13. The van der Waals surface area contributed by atoms with Crippen molar-refractivity contribution in [2.45, 2.75) is 174 Å². The highest BCUT2D eigenvalue weighted by Crippen LogP contribution is 2.43. The Balaban J connectivity index is 4.48. The molecule has 0 heterocycles. The van der Waals surface area contributed by atoms with Gasteiger partial charge in [-0.25, -0.2) is 4.57 Å². The van der Waals surface area contributed by atoms with Crippen molar-refractivity contribution in [3.8, 4) is 0 Å². The summed E-state index contributed by atoms with van der Waals surface area (Å²) in [6.07, 6.45) is 49.5. The molecular weight excluding hydrogens is 790 g/mol. The highest BCUT2D eigenvalue weighted by atomic mass is 31.2. The number of aliphatic hydroxyl groups is 1. The molecule has 0 bridgehead atoms. The van der Waals surface area contributed by atoms with Crippen LogP contribution in [0.25, 0.3) is 0 Å². The summed E-state index contributed by atoms with van der Waals surface area (Å²) in [5.74, 6) is -0.917. The Labute approximate surface area is 372 Å². The van der Waals surface area contributed by atoms with Gasteiger partial charge < -0.3 is 24.0 Å². The average Bonchev–Trinajstić information content (AvgIpc) is 3.21. The number of phosphoric acid groups is 1. The van der Waals surface area contributed by atoms with Gasteiger partial charge in [0.05, 0.1) is 33.9 Å². The number of nitrogens with zero attached hydrogens (tertiary/aromatic N) is 1. The molecule has 11 heteroatoms. The quantitative estimate of drug-likeness (QED) is 0.0154. The van der Waals surface area contributed by atoms with E-state index >= 15 is 0 Å². The zero-order valence-electron chi connectivity index (χ0n) is 39.0. The molecule has 0 aromatic heterocycles. The summed E-state index contributed by atoms with van der Waals surface area (Å²) in [5, 5.41) is 10.0. The minimum Gasteiger partial charge on any atom is -0.462 e. The van der Waals surface area contributed by atoms with E-state index in [0.29, 0.717) is 43.1 Å². The number of esters is 2. The predicted molar refractivity (Wildman–Crippen MR) is 253 cm³/mol. The van der Waals surface area contributed by atoms with Crippen molar-refractivity contribution in [2.75, 3.05) is 47.5 Å². The van der Waals surface area contributed by atoms with Gasteiger partial charge >= 0.3 is 19.8 Å². The van der Waals surface area contributed by atoms with Crippen LogP contribution in [0.3, 0.4) is 0 Å². The topological polar surface area (TPSA) is 129 Å². The third-order valence-electron chi connectivity index (χ3n) is 9.49. The van der Waals surface area contributed by atoms with Crippen molar-refractivity contribution in [3.05, 3.63) is 85.1 Å². The SMILES string of the molecule is CC/C=C\C/C=C\CC(O)/C=C/C=C\C/C=C\CCCC(=O)O[C@H](COC(=O)CCCCCCCCCCC/C=C\C/C=C\CCCCC)COP(=O)(O)OCC[N+](C)(C)C. The average molecular weight is 877 g/mol. The molecule has 0 fully saturated rings. The van der Waals surface area contributed by atoms with Crippen LogP contribution in [0, 0.1) is 0 Å². The van der Waals surface area contributed by atoms with Crippen molar-refractivity contribution in [2.24, 2.45) is 0 Å². The van der Waals surface area contributed by atoms with E-state index in [9.17, 15) is 24.2 Å². The molecule has 0 aliphatic carbocycles. The second-order valence-corrected chi connectivity index (χ2v) is 18.1. The number of allylic oxidation sites excluding steroid dienone is 12. The maximum atomic E-state index is 12.7. The number of ether oxygens (including phenoxy) is 2. The third kappa shape index (κ3) is 45.0. The molecule has 0 rings (SSSR count). The number of carbonyl (C=O) groups excluding carboxylic acids is 2. The first-order valence-corrected chi connectivity index (χ1v) is 24.9. The van der Waals surface area contributed by atoms with Crippen LogP contribution in [-0.4, -0.2) is 86.1 Å². The summed E-state index contributed by atoms with van der Waals surface area (Å²) in [4.78, 5) is 35.4. The Kier molecular flexibility index (Phi) is 39.3. The fourth-order valence-electron chi connectivity index (χ4n) is 5.81. The van der Waals surface area contributed by atoms with Gasteiger partial charge in [0, 0.05) is 12.8 Å². The van der Waals surface area contributed by atoms with Gasteiger partial charge in [-0.05, 0) is 77.0 Å². The molecule has 10 nitrogen and oxygen atoms in total. The summed E-state index contributed by atoms with van der Waals surface area (Å²) in [6, 6.07) is 0. The largest absolute Gasteiger partial charge is 0.472 e. The Morgan fingerprint density at radius 1 is 0.607 bits per heavy atom.